The van der Waals surface area contributed by atoms with Gasteiger partial charge in [-0.2, -0.15) is 0 Å². The molecule has 0 saturated carbocycles. The summed E-state index contributed by atoms with van der Waals surface area (Å²) >= 11 is 0. The standard InChI is InChI=1S/C19H28N4O3/c1-5-9-13(3)16(17(18(20)24)23(4)21)22-19(25)14-10-7-8-11-15(14)26-12-6-2/h7-8,10-11H,3,5-6,9,12,21H2,1-2,4H3,(H2,20,24)(H,22,25)/b17-16+. The minimum absolute atomic E-state index is 0.0104. The smallest absolute Gasteiger partial charge is 0.268 e. The van der Waals surface area contributed by atoms with Crippen molar-refractivity contribution in [3.05, 3.63) is 53.4 Å². The predicted octanol–water partition coefficient (Wildman–Crippen LogP) is 2.06. The summed E-state index contributed by atoms with van der Waals surface area (Å²) in [4.78, 5) is 24.7. The van der Waals surface area contributed by atoms with Gasteiger partial charge in [0.2, 0.25) is 0 Å². The average molecular weight is 360 g/mol. The molecule has 142 valence electrons. The highest BCUT2D eigenvalue weighted by Crippen LogP contribution is 2.21. The molecular formula is C19H28N4O3. The van der Waals surface area contributed by atoms with Gasteiger partial charge in [-0.1, -0.05) is 39.0 Å². The van der Waals surface area contributed by atoms with Crippen molar-refractivity contribution >= 4 is 11.8 Å². The largest absolute Gasteiger partial charge is 0.493 e. The summed E-state index contributed by atoms with van der Waals surface area (Å²) in [5, 5.41) is 3.82. The number of rotatable bonds is 10. The third-order valence-electron chi connectivity index (χ3n) is 3.56. The first-order chi connectivity index (χ1) is 12.3. The maximum absolute atomic E-state index is 12.8. The molecule has 0 aliphatic carbocycles. The molecule has 0 spiro atoms. The first-order valence-electron chi connectivity index (χ1n) is 8.57. The van der Waals surface area contributed by atoms with Gasteiger partial charge in [0, 0.05) is 7.05 Å². The first kappa shape index (κ1) is 21.2. The fourth-order valence-electron chi connectivity index (χ4n) is 2.39. The van der Waals surface area contributed by atoms with Crippen LogP contribution in [0.4, 0.5) is 0 Å². The van der Waals surface area contributed by atoms with Crippen molar-refractivity contribution in [2.75, 3.05) is 13.7 Å². The van der Waals surface area contributed by atoms with Gasteiger partial charge in [0.15, 0.2) is 0 Å². The molecule has 0 unspecified atom stereocenters. The summed E-state index contributed by atoms with van der Waals surface area (Å²) in [7, 11) is 1.48. The quantitative estimate of drug-likeness (QED) is 0.256. The normalized spacial score (nSPS) is 11.4. The Morgan fingerprint density at radius 2 is 1.88 bits per heavy atom. The van der Waals surface area contributed by atoms with Crippen molar-refractivity contribution in [3.63, 3.8) is 0 Å². The van der Waals surface area contributed by atoms with E-state index in [9.17, 15) is 9.59 Å². The maximum Gasteiger partial charge on any atom is 0.268 e. The zero-order valence-corrected chi connectivity index (χ0v) is 15.7. The first-order valence-corrected chi connectivity index (χ1v) is 8.57. The Kier molecular flexibility index (Phi) is 8.37. The van der Waals surface area contributed by atoms with Crippen molar-refractivity contribution < 1.29 is 14.3 Å². The summed E-state index contributed by atoms with van der Waals surface area (Å²) in [6.45, 7) is 8.40. The Morgan fingerprint density at radius 1 is 1.23 bits per heavy atom. The molecule has 0 aromatic heterocycles. The van der Waals surface area contributed by atoms with Crippen LogP contribution >= 0.6 is 0 Å². The highest BCUT2D eigenvalue weighted by molar-refractivity contribution is 6.00. The van der Waals surface area contributed by atoms with Crippen LogP contribution in [-0.2, 0) is 4.79 Å². The molecule has 5 N–H and O–H groups in total. The second kappa shape index (κ2) is 10.2. The summed E-state index contributed by atoms with van der Waals surface area (Å²) in [6, 6.07) is 6.90. The molecule has 0 heterocycles. The van der Waals surface area contributed by atoms with E-state index in [-0.39, 0.29) is 11.4 Å². The van der Waals surface area contributed by atoms with Gasteiger partial charge >= 0.3 is 0 Å². The number of carbonyl (C=O) groups is 2. The molecule has 0 radical (unpaired) electrons. The zero-order chi connectivity index (χ0) is 19.7. The van der Waals surface area contributed by atoms with Crippen molar-refractivity contribution in [2.45, 2.75) is 33.1 Å². The molecule has 0 bridgehead atoms. The summed E-state index contributed by atoms with van der Waals surface area (Å²) in [5.41, 5.74) is 6.58. The number of carbonyl (C=O) groups excluding carboxylic acids is 2. The van der Waals surface area contributed by atoms with Gasteiger partial charge in [-0.25, -0.2) is 5.84 Å². The molecule has 0 atom stereocenters. The SMILES string of the molecule is C=C(CCC)/C(NC(=O)c1ccccc1OCCC)=C(/C(N)=O)N(C)N. The van der Waals surface area contributed by atoms with Gasteiger partial charge in [-0.15, -0.1) is 0 Å². The van der Waals surface area contributed by atoms with Crippen molar-refractivity contribution in [1.29, 1.82) is 0 Å². The number of ether oxygens (including phenoxy) is 1. The summed E-state index contributed by atoms with van der Waals surface area (Å²) in [5.74, 6) is 5.03. The number of hydrogen-bond donors (Lipinski definition) is 3. The average Bonchev–Trinajstić information content (AvgIpc) is 2.59. The van der Waals surface area contributed by atoms with Gasteiger partial charge in [-0.3, -0.25) is 9.59 Å². The molecule has 7 heteroatoms. The van der Waals surface area contributed by atoms with Gasteiger partial charge in [0.1, 0.15) is 11.4 Å². The monoisotopic (exact) mass is 360 g/mol. The van der Waals surface area contributed by atoms with Crippen LogP contribution in [0.1, 0.15) is 43.5 Å². The highest BCUT2D eigenvalue weighted by Gasteiger charge is 2.21. The number of allylic oxidation sites excluding steroid dienone is 1. The number of hydrogen-bond acceptors (Lipinski definition) is 5. The van der Waals surface area contributed by atoms with E-state index in [0.29, 0.717) is 29.9 Å². The van der Waals surface area contributed by atoms with E-state index < -0.39 is 11.8 Å². The number of nitrogens with zero attached hydrogens (tertiary/aromatic N) is 1. The molecule has 7 nitrogen and oxygen atoms in total. The third-order valence-corrected chi connectivity index (χ3v) is 3.56. The van der Waals surface area contributed by atoms with E-state index in [2.05, 4.69) is 11.9 Å². The second-order valence-corrected chi connectivity index (χ2v) is 5.85. The molecule has 0 fully saturated rings. The van der Waals surface area contributed by atoms with Crippen molar-refractivity contribution in [3.8, 4) is 5.75 Å². The Hall–Kier alpha value is -2.80. The molecule has 2 amide bonds. The summed E-state index contributed by atoms with van der Waals surface area (Å²) in [6.07, 6.45) is 2.18. The Labute approximate surface area is 154 Å². The molecular weight excluding hydrogens is 332 g/mol. The number of primary amides is 1. The Bertz CT molecular complexity index is 696. The van der Waals surface area contributed by atoms with E-state index >= 15 is 0 Å². The van der Waals surface area contributed by atoms with Crippen LogP contribution in [0.2, 0.25) is 0 Å². The maximum atomic E-state index is 12.8. The topological polar surface area (TPSA) is 111 Å². The van der Waals surface area contributed by atoms with Crippen LogP contribution in [0.5, 0.6) is 5.75 Å². The number of amides is 2. The minimum Gasteiger partial charge on any atom is -0.493 e. The number of para-hydroxylation sites is 1. The van der Waals surface area contributed by atoms with Gasteiger partial charge in [-0.05, 0) is 30.5 Å². The number of benzene rings is 1. The summed E-state index contributed by atoms with van der Waals surface area (Å²) < 4.78 is 5.63. The van der Waals surface area contributed by atoms with Gasteiger partial charge in [0.25, 0.3) is 11.8 Å². The van der Waals surface area contributed by atoms with Crippen LogP contribution in [0.25, 0.3) is 0 Å². The zero-order valence-electron chi connectivity index (χ0n) is 15.7. The fourth-order valence-corrected chi connectivity index (χ4v) is 2.39. The van der Waals surface area contributed by atoms with Crippen LogP contribution in [0.3, 0.4) is 0 Å². The lowest BCUT2D eigenvalue weighted by atomic mass is 10.1. The predicted molar refractivity (Wildman–Crippen MR) is 102 cm³/mol. The van der Waals surface area contributed by atoms with E-state index in [4.69, 9.17) is 16.3 Å². The molecule has 26 heavy (non-hydrogen) atoms. The minimum atomic E-state index is -0.752. The molecule has 1 aromatic rings. The third kappa shape index (κ3) is 5.63. The van der Waals surface area contributed by atoms with Crippen LogP contribution in [0.15, 0.2) is 47.8 Å². The van der Waals surface area contributed by atoms with Crippen LogP contribution < -0.4 is 21.6 Å². The number of hydrazine groups is 1. The van der Waals surface area contributed by atoms with E-state index in [1.807, 2.05) is 13.8 Å². The molecule has 0 aliphatic heterocycles. The number of nitrogens with two attached hydrogens (primary N) is 2. The van der Waals surface area contributed by atoms with Crippen LogP contribution in [0, 0.1) is 0 Å². The van der Waals surface area contributed by atoms with Gasteiger partial charge in [0.05, 0.1) is 17.9 Å². The Morgan fingerprint density at radius 3 is 2.42 bits per heavy atom. The second-order valence-electron chi connectivity index (χ2n) is 5.85. The molecule has 1 aromatic carbocycles. The number of nitrogens with one attached hydrogen (secondary N) is 1. The lowest BCUT2D eigenvalue weighted by molar-refractivity contribution is -0.116. The van der Waals surface area contributed by atoms with E-state index in [0.717, 1.165) is 17.9 Å². The lowest BCUT2D eigenvalue weighted by Crippen LogP contribution is -2.38. The lowest BCUT2D eigenvalue weighted by Gasteiger charge is -2.21. The Balaban J connectivity index is 3.28. The van der Waals surface area contributed by atoms with Gasteiger partial charge < -0.3 is 20.8 Å². The van der Waals surface area contributed by atoms with Crippen molar-refractivity contribution in [1.82, 2.24) is 10.3 Å². The van der Waals surface area contributed by atoms with E-state index in [1.165, 1.54) is 7.05 Å². The fraction of sp³-hybridized carbons (Fsp3) is 0.368. The molecule has 0 aliphatic rings. The highest BCUT2D eigenvalue weighted by atomic mass is 16.5. The molecule has 1 rings (SSSR count). The number of likely N-dealkylation sites (N-methyl/N-ethyl adjacent to an activating group) is 1. The van der Waals surface area contributed by atoms with E-state index in [1.54, 1.807) is 24.3 Å². The van der Waals surface area contributed by atoms with Crippen molar-refractivity contribution in [2.24, 2.45) is 11.6 Å². The molecule has 0 saturated heterocycles. The van der Waals surface area contributed by atoms with Crippen LogP contribution in [-0.4, -0.2) is 30.5 Å².